The second-order valence-electron chi connectivity index (χ2n) is 8.84. The van der Waals surface area contributed by atoms with Gasteiger partial charge in [0.25, 0.3) is 0 Å². The van der Waals surface area contributed by atoms with Crippen LogP contribution in [0.1, 0.15) is 35.0 Å². The maximum absolute atomic E-state index is 4.52. The van der Waals surface area contributed by atoms with Gasteiger partial charge in [-0.15, -0.1) is 24.0 Å². The van der Waals surface area contributed by atoms with Gasteiger partial charge in [-0.1, -0.05) is 24.3 Å². The van der Waals surface area contributed by atoms with Crippen molar-refractivity contribution in [1.29, 1.82) is 0 Å². The molecule has 1 unspecified atom stereocenters. The van der Waals surface area contributed by atoms with Crippen molar-refractivity contribution in [3.63, 3.8) is 0 Å². The lowest BCUT2D eigenvalue weighted by Gasteiger charge is -2.32. The first-order chi connectivity index (χ1) is 14.9. The number of benzene rings is 1. The van der Waals surface area contributed by atoms with Gasteiger partial charge < -0.3 is 15.5 Å². The van der Waals surface area contributed by atoms with E-state index < -0.39 is 0 Å². The molecule has 0 radical (unpaired) electrons. The molecule has 0 bridgehead atoms. The van der Waals surface area contributed by atoms with Gasteiger partial charge in [0.05, 0.1) is 5.69 Å². The van der Waals surface area contributed by atoms with Crippen LogP contribution in [-0.4, -0.2) is 71.9 Å². The van der Waals surface area contributed by atoms with Crippen LogP contribution in [0.5, 0.6) is 0 Å². The Morgan fingerprint density at radius 1 is 1.06 bits per heavy atom. The second kappa shape index (κ2) is 12.6. The van der Waals surface area contributed by atoms with Gasteiger partial charge in [0.1, 0.15) is 0 Å². The topological polar surface area (TPSA) is 60.7 Å². The number of aromatic nitrogens is 2. The quantitative estimate of drug-likeness (QED) is 0.314. The molecule has 1 aliphatic heterocycles. The van der Waals surface area contributed by atoms with E-state index in [9.17, 15) is 0 Å². The molecule has 0 amide bonds. The normalized spacial score (nSPS) is 16.5. The second-order valence-corrected chi connectivity index (χ2v) is 8.84. The summed E-state index contributed by atoms with van der Waals surface area (Å²) in [5, 5.41) is 11.5. The molecule has 3 rings (SSSR count). The highest BCUT2D eigenvalue weighted by atomic mass is 127. The Kier molecular flexibility index (Phi) is 10.4. The van der Waals surface area contributed by atoms with Gasteiger partial charge >= 0.3 is 0 Å². The van der Waals surface area contributed by atoms with Crippen LogP contribution in [-0.2, 0) is 26.6 Å². The van der Waals surface area contributed by atoms with Gasteiger partial charge in [-0.05, 0) is 50.9 Å². The first-order valence-electron chi connectivity index (χ1n) is 11.3. The SMILES string of the molecule is CN=C(NCc1ccc(CN2CCN(C)CC2)cc1)NC(C)Cc1c(C)nn(C)c1C.I. The Morgan fingerprint density at radius 3 is 2.25 bits per heavy atom. The Hall–Kier alpha value is -1.65. The van der Waals surface area contributed by atoms with Crippen LogP contribution < -0.4 is 10.6 Å². The number of aliphatic imine (C=N–C) groups is 1. The summed E-state index contributed by atoms with van der Waals surface area (Å²) >= 11 is 0. The molecule has 1 atom stereocenters. The summed E-state index contributed by atoms with van der Waals surface area (Å²) in [6.45, 7) is 12.8. The molecule has 32 heavy (non-hydrogen) atoms. The van der Waals surface area contributed by atoms with Crippen LogP contribution >= 0.6 is 24.0 Å². The van der Waals surface area contributed by atoms with Gasteiger partial charge in [-0.2, -0.15) is 5.10 Å². The maximum Gasteiger partial charge on any atom is 0.191 e. The lowest BCUT2D eigenvalue weighted by molar-refractivity contribution is 0.148. The van der Waals surface area contributed by atoms with Crippen molar-refractivity contribution in [2.75, 3.05) is 40.3 Å². The van der Waals surface area contributed by atoms with E-state index in [-0.39, 0.29) is 30.0 Å². The lowest BCUT2D eigenvalue weighted by atomic mass is 10.1. The molecule has 2 aromatic rings. The molecule has 178 valence electrons. The standard InChI is InChI=1S/C24H39N7.HI/c1-18(15-23-19(2)28-30(6)20(23)3)27-24(25-4)26-16-21-7-9-22(10-8-21)17-31-13-11-29(5)12-14-31;/h7-10,18H,11-17H2,1-6H3,(H2,25,26,27);1H. The molecule has 0 spiro atoms. The summed E-state index contributed by atoms with van der Waals surface area (Å²) in [5.74, 6) is 0.827. The van der Waals surface area contributed by atoms with Crippen molar-refractivity contribution >= 4 is 29.9 Å². The number of aryl methyl sites for hydroxylation is 2. The van der Waals surface area contributed by atoms with Crippen molar-refractivity contribution in [3.05, 3.63) is 52.3 Å². The third-order valence-electron chi connectivity index (χ3n) is 6.26. The zero-order valence-electron chi connectivity index (χ0n) is 20.5. The molecule has 2 N–H and O–H groups in total. The van der Waals surface area contributed by atoms with Crippen molar-refractivity contribution in [2.24, 2.45) is 12.0 Å². The highest BCUT2D eigenvalue weighted by Crippen LogP contribution is 2.14. The number of piperazine rings is 1. The fraction of sp³-hybridized carbons (Fsp3) is 0.583. The number of halogens is 1. The fourth-order valence-corrected chi connectivity index (χ4v) is 4.11. The smallest absolute Gasteiger partial charge is 0.191 e. The fourth-order valence-electron chi connectivity index (χ4n) is 4.11. The molecular formula is C24H40IN7. The molecule has 1 aromatic heterocycles. The van der Waals surface area contributed by atoms with E-state index in [0.29, 0.717) is 0 Å². The summed E-state index contributed by atoms with van der Waals surface area (Å²) in [5.41, 5.74) is 6.29. The molecule has 0 aliphatic carbocycles. The van der Waals surface area contributed by atoms with Crippen molar-refractivity contribution < 1.29 is 0 Å². The minimum Gasteiger partial charge on any atom is -0.354 e. The number of nitrogens with one attached hydrogen (secondary N) is 2. The highest BCUT2D eigenvalue weighted by molar-refractivity contribution is 14.0. The van der Waals surface area contributed by atoms with Crippen LogP contribution in [0.3, 0.4) is 0 Å². The first-order valence-corrected chi connectivity index (χ1v) is 11.3. The molecule has 1 aliphatic rings. The van der Waals surface area contributed by atoms with E-state index in [1.807, 2.05) is 18.8 Å². The van der Waals surface area contributed by atoms with Crippen LogP contribution in [0.2, 0.25) is 0 Å². The van der Waals surface area contributed by atoms with E-state index >= 15 is 0 Å². The van der Waals surface area contributed by atoms with Crippen LogP contribution in [0.4, 0.5) is 0 Å². The first kappa shape index (κ1) is 26.6. The average molecular weight is 554 g/mol. The molecule has 1 aromatic carbocycles. The predicted octanol–water partition coefficient (Wildman–Crippen LogP) is 2.70. The largest absolute Gasteiger partial charge is 0.354 e. The van der Waals surface area contributed by atoms with Crippen LogP contribution in [0.25, 0.3) is 0 Å². The van der Waals surface area contributed by atoms with Gasteiger partial charge in [-0.3, -0.25) is 14.6 Å². The third-order valence-corrected chi connectivity index (χ3v) is 6.26. The summed E-state index contributed by atoms with van der Waals surface area (Å²) in [7, 11) is 6.02. The zero-order chi connectivity index (χ0) is 22.4. The van der Waals surface area contributed by atoms with Crippen molar-refractivity contribution in [1.82, 2.24) is 30.2 Å². The molecule has 2 heterocycles. The third kappa shape index (κ3) is 7.45. The number of guanidine groups is 1. The number of hydrogen-bond donors (Lipinski definition) is 2. The molecular weight excluding hydrogens is 513 g/mol. The summed E-state index contributed by atoms with van der Waals surface area (Å²) < 4.78 is 1.96. The zero-order valence-corrected chi connectivity index (χ0v) is 22.8. The monoisotopic (exact) mass is 553 g/mol. The highest BCUT2D eigenvalue weighted by Gasteiger charge is 2.15. The summed E-state index contributed by atoms with van der Waals surface area (Å²) in [6.07, 6.45) is 0.924. The van der Waals surface area contributed by atoms with E-state index in [2.05, 4.69) is 82.6 Å². The van der Waals surface area contributed by atoms with Gasteiger partial charge in [0.15, 0.2) is 5.96 Å². The van der Waals surface area contributed by atoms with E-state index in [1.54, 1.807) is 0 Å². The van der Waals surface area contributed by atoms with E-state index in [0.717, 1.165) is 57.3 Å². The minimum absolute atomic E-state index is 0. The summed E-state index contributed by atoms with van der Waals surface area (Å²) in [4.78, 5) is 9.33. The van der Waals surface area contributed by atoms with E-state index in [4.69, 9.17) is 0 Å². The van der Waals surface area contributed by atoms with Crippen molar-refractivity contribution in [3.8, 4) is 0 Å². The van der Waals surface area contributed by atoms with Crippen molar-refractivity contribution in [2.45, 2.75) is 46.3 Å². The van der Waals surface area contributed by atoms with Crippen LogP contribution in [0, 0.1) is 13.8 Å². The minimum atomic E-state index is 0. The Bertz CT molecular complexity index is 867. The summed E-state index contributed by atoms with van der Waals surface area (Å²) in [6, 6.07) is 9.21. The predicted molar refractivity (Wildman–Crippen MR) is 144 cm³/mol. The molecule has 8 heteroatoms. The van der Waals surface area contributed by atoms with Crippen LogP contribution in [0.15, 0.2) is 29.3 Å². The number of likely N-dealkylation sites (N-methyl/N-ethyl adjacent to an activating group) is 1. The van der Waals surface area contributed by atoms with Gasteiger partial charge in [0.2, 0.25) is 0 Å². The molecule has 1 fully saturated rings. The average Bonchev–Trinajstić information content (AvgIpc) is 2.99. The van der Waals surface area contributed by atoms with Gasteiger partial charge in [0, 0.05) is 65.1 Å². The Balaban J connectivity index is 0.00000363. The molecule has 7 nitrogen and oxygen atoms in total. The lowest BCUT2D eigenvalue weighted by Crippen LogP contribution is -2.43. The number of nitrogens with zero attached hydrogens (tertiary/aromatic N) is 5. The van der Waals surface area contributed by atoms with E-state index in [1.165, 1.54) is 22.4 Å². The number of rotatable bonds is 7. The molecule has 1 saturated heterocycles. The Labute approximate surface area is 210 Å². The maximum atomic E-state index is 4.52. The Morgan fingerprint density at radius 2 is 1.69 bits per heavy atom. The van der Waals surface area contributed by atoms with Gasteiger partial charge in [-0.25, -0.2) is 0 Å². The number of hydrogen-bond acceptors (Lipinski definition) is 4. The molecule has 0 saturated carbocycles.